The predicted molar refractivity (Wildman–Crippen MR) is 73.3 cm³/mol. The van der Waals surface area contributed by atoms with Crippen LogP contribution in [0.25, 0.3) is 0 Å². The van der Waals surface area contributed by atoms with Crippen molar-refractivity contribution < 1.29 is 9.53 Å². The molecular formula is C14H28N2O2. The van der Waals surface area contributed by atoms with Crippen molar-refractivity contribution in [3.8, 4) is 0 Å². The van der Waals surface area contributed by atoms with Gasteiger partial charge >= 0.3 is 0 Å². The zero-order valence-electron chi connectivity index (χ0n) is 12.2. The Morgan fingerprint density at radius 2 is 2.11 bits per heavy atom. The van der Waals surface area contributed by atoms with Gasteiger partial charge in [0.25, 0.3) is 0 Å². The molecule has 18 heavy (non-hydrogen) atoms. The van der Waals surface area contributed by atoms with Crippen LogP contribution in [0.3, 0.4) is 0 Å². The third kappa shape index (κ3) is 4.94. The topological polar surface area (TPSA) is 55.6 Å². The van der Waals surface area contributed by atoms with Crippen LogP contribution in [0.2, 0.25) is 0 Å². The Bertz CT molecular complexity index is 267. The number of hydrogen-bond acceptors (Lipinski definition) is 3. The molecular weight excluding hydrogens is 228 g/mol. The van der Waals surface area contributed by atoms with Crippen molar-refractivity contribution in [2.45, 2.75) is 58.6 Å². The molecule has 0 aliphatic carbocycles. The fourth-order valence-corrected chi connectivity index (χ4v) is 2.01. The van der Waals surface area contributed by atoms with Gasteiger partial charge < -0.3 is 15.4 Å². The van der Waals surface area contributed by atoms with Crippen LogP contribution in [-0.4, -0.2) is 43.2 Å². The second-order valence-corrected chi connectivity index (χ2v) is 6.44. The number of hydrogen-bond donors (Lipinski definition) is 1. The van der Waals surface area contributed by atoms with E-state index in [4.69, 9.17) is 10.5 Å². The molecule has 106 valence electrons. The Morgan fingerprint density at radius 3 is 2.61 bits per heavy atom. The summed E-state index contributed by atoms with van der Waals surface area (Å²) in [6.07, 6.45) is 4.02. The summed E-state index contributed by atoms with van der Waals surface area (Å²) in [5, 5.41) is 0. The lowest BCUT2D eigenvalue weighted by Gasteiger charge is -2.30. The molecule has 0 radical (unpaired) electrons. The van der Waals surface area contributed by atoms with Gasteiger partial charge in [-0.25, -0.2) is 0 Å². The summed E-state index contributed by atoms with van der Waals surface area (Å²) in [6.45, 7) is 7.71. The fourth-order valence-electron chi connectivity index (χ4n) is 2.01. The van der Waals surface area contributed by atoms with Gasteiger partial charge in [0.15, 0.2) is 0 Å². The molecule has 1 fully saturated rings. The number of carbonyl (C=O) groups excluding carboxylic acids is 1. The van der Waals surface area contributed by atoms with Crippen LogP contribution < -0.4 is 5.73 Å². The molecule has 4 nitrogen and oxygen atoms in total. The first-order chi connectivity index (χ1) is 8.30. The van der Waals surface area contributed by atoms with E-state index in [1.807, 2.05) is 7.05 Å². The van der Waals surface area contributed by atoms with Crippen molar-refractivity contribution in [3.63, 3.8) is 0 Å². The number of nitrogens with two attached hydrogens (primary N) is 1. The summed E-state index contributed by atoms with van der Waals surface area (Å²) in [6, 6.07) is -0.0975. The minimum absolute atomic E-state index is 0.0299. The normalized spacial score (nSPS) is 22.6. The van der Waals surface area contributed by atoms with Crippen molar-refractivity contribution in [3.05, 3.63) is 0 Å². The van der Waals surface area contributed by atoms with E-state index in [-0.39, 0.29) is 23.5 Å². The molecule has 1 amide bonds. The van der Waals surface area contributed by atoms with Gasteiger partial charge in [-0.15, -0.1) is 0 Å². The molecule has 4 heteroatoms. The molecule has 0 bridgehead atoms. The number of likely N-dealkylation sites (N-methyl/N-ethyl adjacent to an activating group) is 1. The molecule has 0 aromatic rings. The lowest BCUT2D eigenvalue weighted by Crippen LogP contribution is -2.43. The minimum atomic E-state index is -0.0975. The molecule has 2 unspecified atom stereocenters. The standard InChI is InChI=1S/C14H28N2O2/c1-14(2,3)12(15)9-13(17)16(4)10-11-7-5-6-8-18-11/h11-12H,5-10,15H2,1-4H3. The van der Waals surface area contributed by atoms with E-state index in [9.17, 15) is 4.79 Å². The maximum Gasteiger partial charge on any atom is 0.223 e. The summed E-state index contributed by atoms with van der Waals surface area (Å²) < 4.78 is 5.65. The van der Waals surface area contributed by atoms with Crippen LogP contribution in [-0.2, 0) is 9.53 Å². The smallest absolute Gasteiger partial charge is 0.223 e. The Balaban J connectivity index is 2.36. The summed E-state index contributed by atoms with van der Waals surface area (Å²) in [7, 11) is 1.84. The van der Waals surface area contributed by atoms with Crippen molar-refractivity contribution in [1.82, 2.24) is 4.90 Å². The summed E-state index contributed by atoms with van der Waals surface area (Å²) in [5.74, 6) is 0.117. The maximum absolute atomic E-state index is 12.1. The molecule has 1 heterocycles. The summed E-state index contributed by atoms with van der Waals surface area (Å²) >= 11 is 0. The van der Waals surface area contributed by atoms with Gasteiger partial charge in [0.2, 0.25) is 5.91 Å². The number of amides is 1. The molecule has 0 aromatic heterocycles. The van der Waals surface area contributed by atoms with Crippen molar-refractivity contribution in [2.24, 2.45) is 11.1 Å². The van der Waals surface area contributed by atoms with Gasteiger partial charge in [-0.3, -0.25) is 4.79 Å². The Morgan fingerprint density at radius 1 is 1.44 bits per heavy atom. The first kappa shape index (κ1) is 15.4. The van der Waals surface area contributed by atoms with Crippen molar-refractivity contribution in [2.75, 3.05) is 20.2 Å². The number of rotatable bonds is 4. The van der Waals surface area contributed by atoms with Crippen LogP contribution >= 0.6 is 0 Å². The molecule has 1 saturated heterocycles. The zero-order chi connectivity index (χ0) is 13.8. The Labute approximate surface area is 111 Å². The molecule has 0 spiro atoms. The van der Waals surface area contributed by atoms with E-state index in [1.54, 1.807) is 4.90 Å². The quantitative estimate of drug-likeness (QED) is 0.834. The van der Waals surface area contributed by atoms with Crippen LogP contribution in [0.5, 0.6) is 0 Å². The van der Waals surface area contributed by atoms with Crippen LogP contribution in [0.15, 0.2) is 0 Å². The maximum atomic E-state index is 12.1. The van der Waals surface area contributed by atoms with Crippen molar-refractivity contribution in [1.29, 1.82) is 0 Å². The monoisotopic (exact) mass is 256 g/mol. The molecule has 2 atom stereocenters. The number of nitrogens with zero attached hydrogens (tertiary/aromatic N) is 1. The average molecular weight is 256 g/mol. The van der Waals surface area contributed by atoms with E-state index in [0.717, 1.165) is 19.4 Å². The van der Waals surface area contributed by atoms with Crippen LogP contribution in [0.1, 0.15) is 46.5 Å². The Kier molecular flexibility index (Phi) is 5.60. The zero-order valence-corrected chi connectivity index (χ0v) is 12.2. The predicted octanol–water partition coefficient (Wildman–Crippen LogP) is 1.78. The molecule has 0 saturated carbocycles. The van der Waals surface area contributed by atoms with Gasteiger partial charge in [-0.2, -0.15) is 0 Å². The van der Waals surface area contributed by atoms with Crippen LogP contribution in [0.4, 0.5) is 0 Å². The lowest BCUT2D eigenvalue weighted by molar-refractivity contribution is -0.133. The SMILES string of the molecule is CN(CC1CCCCO1)C(=O)CC(N)C(C)(C)C. The van der Waals surface area contributed by atoms with E-state index < -0.39 is 0 Å². The second-order valence-electron chi connectivity index (χ2n) is 6.44. The Hall–Kier alpha value is -0.610. The van der Waals surface area contributed by atoms with E-state index >= 15 is 0 Å². The molecule has 2 N–H and O–H groups in total. The third-order valence-electron chi connectivity index (χ3n) is 3.68. The highest BCUT2D eigenvalue weighted by Crippen LogP contribution is 2.20. The minimum Gasteiger partial charge on any atom is -0.376 e. The highest BCUT2D eigenvalue weighted by Gasteiger charge is 2.25. The highest BCUT2D eigenvalue weighted by atomic mass is 16.5. The van der Waals surface area contributed by atoms with Gasteiger partial charge in [0.05, 0.1) is 6.10 Å². The molecule has 1 rings (SSSR count). The fraction of sp³-hybridized carbons (Fsp3) is 0.929. The lowest BCUT2D eigenvalue weighted by atomic mass is 9.85. The van der Waals surface area contributed by atoms with Crippen molar-refractivity contribution >= 4 is 5.91 Å². The molecule has 0 aromatic carbocycles. The number of ether oxygens (including phenoxy) is 1. The third-order valence-corrected chi connectivity index (χ3v) is 3.68. The van der Waals surface area contributed by atoms with Crippen LogP contribution in [0, 0.1) is 5.41 Å². The summed E-state index contributed by atoms with van der Waals surface area (Å²) in [5.41, 5.74) is 6.01. The molecule has 1 aliphatic heterocycles. The molecule has 1 aliphatic rings. The number of carbonyl (C=O) groups is 1. The first-order valence-corrected chi connectivity index (χ1v) is 6.92. The van der Waals surface area contributed by atoms with E-state index in [0.29, 0.717) is 13.0 Å². The summed E-state index contributed by atoms with van der Waals surface area (Å²) in [4.78, 5) is 13.8. The van der Waals surface area contributed by atoms with Gasteiger partial charge in [0, 0.05) is 32.7 Å². The van der Waals surface area contributed by atoms with Gasteiger partial charge in [-0.1, -0.05) is 20.8 Å². The van der Waals surface area contributed by atoms with Gasteiger partial charge in [0.1, 0.15) is 0 Å². The second kappa shape index (κ2) is 6.53. The average Bonchev–Trinajstić information content (AvgIpc) is 2.28. The van der Waals surface area contributed by atoms with E-state index in [2.05, 4.69) is 20.8 Å². The van der Waals surface area contributed by atoms with Gasteiger partial charge in [-0.05, 0) is 24.7 Å². The largest absolute Gasteiger partial charge is 0.376 e. The first-order valence-electron chi connectivity index (χ1n) is 6.92. The highest BCUT2D eigenvalue weighted by molar-refractivity contribution is 5.76. The van der Waals surface area contributed by atoms with E-state index in [1.165, 1.54) is 6.42 Å².